The van der Waals surface area contributed by atoms with E-state index in [2.05, 4.69) is 12.2 Å². The van der Waals surface area contributed by atoms with Crippen molar-refractivity contribution in [3.8, 4) is 5.75 Å². The van der Waals surface area contributed by atoms with Crippen LogP contribution in [-0.4, -0.2) is 18.4 Å². The van der Waals surface area contributed by atoms with E-state index in [9.17, 15) is 4.79 Å². The van der Waals surface area contributed by atoms with Crippen LogP contribution in [0.2, 0.25) is 0 Å². The molecule has 1 aromatic carbocycles. The summed E-state index contributed by atoms with van der Waals surface area (Å²) in [5.41, 5.74) is 0.981. The van der Waals surface area contributed by atoms with Gasteiger partial charge >= 0.3 is 0 Å². The Morgan fingerprint density at radius 2 is 2.05 bits per heavy atom. The molecule has 0 saturated heterocycles. The lowest BCUT2D eigenvalue weighted by Gasteiger charge is -2.26. The zero-order chi connectivity index (χ0) is 13.5. The number of ketones is 1. The number of hydrogen-bond acceptors (Lipinski definition) is 3. The highest BCUT2D eigenvalue weighted by Crippen LogP contribution is 2.28. The molecule has 1 unspecified atom stereocenters. The van der Waals surface area contributed by atoms with Crippen LogP contribution in [0.5, 0.6) is 5.75 Å². The second kappa shape index (κ2) is 7.17. The number of nitrogens with one attached hydrogen (secondary N) is 1. The van der Waals surface area contributed by atoms with Gasteiger partial charge in [-0.05, 0) is 18.6 Å². The van der Waals surface area contributed by atoms with Gasteiger partial charge in [0.2, 0.25) is 0 Å². The van der Waals surface area contributed by atoms with Crippen LogP contribution in [0.1, 0.15) is 45.4 Å². The lowest BCUT2D eigenvalue weighted by atomic mass is 10.0. The van der Waals surface area contributed by atoms with Gasteiger partial charge in [-0.25, -0.2) is 0 Å². The molecule has 0 saturated carbocycles. The molecule has 0 radical (unpaired) electrons. The fraction of sp³-hybridized carbons (Fsp3) is 0.562. The van der Waals surface area contributed by atoms with Gasteiger partial charge in [0.05, 0.1) is 12.2 Å². The largest absolute Gasteiger partial charge is 0.479 e. The number of benzene rings is 1. The minimum atomic E-state index is -0.318. The number of fused-ring (bicyclic) bond motifs is 1. The van der Waals surface area contributed by atoms with Crippen molar-refractivity contribution in [2.45, 2.75) is 51.6 Å². The fourth-order valence-electron chi connectivity index (χ4n) is 2.36. The van der Waals surface area contributed by atoms with Gasteiger partial charge in [0.15, 0.2) is 11.9 Å². The summed E-state index contributed by atoms with van der Waals surface area (Å²) in [6.45, 7) is 2.79. The van der Waals surface area contributed by atoms with Crippen LogP contribution >= 0.6 is 0 Å². The Hall–Kier alpha value is -1.51. The van der Waals surface area contributed by atoms with Gasteiger partial charge in [-0.15, -0.1) is 0 Å². The van der Waals surface area contributed by atoms with Crippen molar-refractivity contribution in [3.63, 3.8) is 0 Å². The molecule has 1 atom stereocenters. The molecule has 104 valence electrons. The van der Waals surface area contributed by atoms with Crippen LogP contribution in [0.3, 0.4) is 0 Å². The average molecular weight is 261 g/mol. The van der Waals surface area contributed by atoms with E-state index in [0.717, 1.165) is 24.3 Å². The van der Waals surface area contributed by atoms with Crippen molar-refractivity contribution in [1.82, 2.24) is 0 Å². The lowest BCUT2D eigenvalue weighted by molar-refractivity contribution is -0.125. The molecule has 3 nitrogen and oxygen atoms in total. The fourth-order valence-corrected chi connectivity index (χ4v) is 2.36. The minimum Gasteiger partial charge on any atom is -0.479 e. The first-order chi connectivity index (χ1) is 9.31. The molecule has 1 heterocycles. The summed E-state index contributed by atoms with van der Waals surface area (Å²) in [7, 11) is 0. The molecule has 0 amide bonds. The maximum absolute atomic E-state index is 12.1. The van der Waals surface area contributed by atoms with Crippen molar-refractivity contribution in [2.75, 3.05) is 11.9 Å². The molecule has 1 N–H and O–H groups in total. The topological polar surface area (TPSA) is 38.3 Å². The molecule has 0 aliphatic carbocycles. The van der Waals surface area contributed by atoms with Crippen LogP contribution in [-0.2, 0) is 4.79 Å². The molecule has 1 aliphatic heterocycles. The van der Waals surface area contributed by atoms with Gasteiger partial charge in [0.25, 0.3) is 0 Å². The van der Waals surface area contributed by atoms with Crippen molar-refractivity contribution in [1.29, 1.82) is 0 Å². The normalized spacial score (nSPS) is 17.2. The van der Waals surface area contributed by atoms with Crippen LogP contribution < -0.4 is 10.1 Å². The number of carbonyl (C=O) groups is 1. The minimum absolute atomic E-state index is 0.221. The van der Waals surface area contributed by atoms with E-state index in [0.29, 0.717) is 13.0 Å². The third-order valence-corrected chi connectivity index (χ3v) is 3.52. The van der Waals surface area contributed by atoms with Crippen LogP contribution in [0.15, 0.2) is 24.3 Å². The van der Waals surface area contributed by atoms with Crippen molar-refractivity contribution in [3.05, 3.63) is 24.3 Å². The van der Waals surface area contributed by atoms with Gasteiger partial charge < -0.3 is 10.1 Å². The van der Waals surface area contributed by atoms with Crippen molar-refractivity contribution < 1.29 is 9.53 Å². The zero-order valence-electron chi connectivity index (χ0n) is 11.7. The molecule has 2 rings (SSSR count). The summed E-state index contributed by atoms with van der Waals surface area (Å²) in [4.78, 5) is 12.1. The smallest absolute Gasteiger partial charge is 0.175 e. The Balaban J connectivity index is 1.76. The number of ether oxygens (including phenoxy) is 1. The van der Waals surface area contributed by atoms with Gasteiger partial charge in [-0.2, -0.15) is 0 Å². The Labute approximate surface area is 115 Å². The monoisotopic (exact) mass is 261 g/mol. The molecule has 0 fully saturated rings. The van der Waals surface area contributed by atoms with E-state index in [1.165, 1.54) is 19.3 Å². The first kappa shape index (κ1) is 13.9. The first-order valence-corrected chi connectivity index (χ1v) is 7.33. The SMILES string of the molecule is CCCCCCCC(=O)C1CNc2ccccc2O1. The second-order valence-corrected chi connectivity index (χ2v) is 5.11. The highest BCUT2D eigenvalue weighted by Gasteiger charge is 2.24. The summed E-state index contributed by atoms with van der Waals surface area (Å²) in [6, 6.07) is 7.77. The van der Waals surface area contributed by atoms with Gasteiger partial charge in [0.1, 0.15) is 5.75 Å². The Bertz CT molecular complexity index is 417. The molecule has 19 heavy (non-hydrogen) atoms. The summed E-state index contributed by atoms with van der Waals surface area (Å²) in [6.07, 6.45) is 6.19. The van der Waals surface area contributed by atoms with Crippen molar-refractivity contribution >= 4 is 11.5 Å². The standard InChI is InChI=1S/C16H23NO2/c1-2-3-4-5-6-10-14(18)16-12-17-13-9-7-8-11-15(13)19-16/h7-9,11,16-17H,2-6,10,12H2,1H3. The Morgan fingerprint density at radius 3 is 2.89 bits per heavy atom. The van der Waals surface area contributed by atoms with Gasteiger partial charge in [0, 0.05) is 6.42 Å². The first-order valence-electron chi connectivity index (χ1n) is 7.33. The van der Waals surface area contributed by atoms with Crippen LogP contribution in [0, 0.1) is 0 Å². The maximum atomic E-state index is 12.1. The summed E-state index contributed by atoms with van der Waals surface area (Å²) in [5, 5.41) is 3.26. The summed E-state index contributed by atoms with van der Waals surface area (Å²) >= 11 is 0. The highest BCUT2D eigenvalue weighted by atomic mass is 16.5. The van der Waals surface area contributed by atoms with E-state index < -0.39 is 0 Å². The number of rotatable bonds is 7. The van der Waals surface area contributed by atoms with Gasteiger partial charge in [-0.3, -0.25) is 4.79 Å². The van der Waals surface area contributed by atoms with Crippen LogP contribution in [0.4, 0.5) is 5.69 Å². The number of anilines is 1. The zero-order valence-corrected chi connectivity index (χ0v) is 11.7. The number of unbranched alkanes of at least 4 members (excludes halogenated alkanes) is 4. The van der Waals surface area contributed by atoms with E-state index in [1.54, 1.807) is 0 Å². The maximum Gasteiger partial charge on any atom is 0.175 e. The molecule has 1 aliphatic rings. The summed E-state index contributed by atoms with van der Waals surface area (Å²) in [5.74, 6) is 1.01. The lowest BCUT2D eigenvalue weighted by Crippen LogP contribution is -2.37. The number of Topliss-reactive ketones (excluding diaryl/α,β-unsaturated/α-hetero) is 1. The predicted molar refractivity (Wildman–Crippen MR) is 77.7 cm³/mol. The highest BCUT2D eigenvalue weighted by molar-refractivity contribution is 5.85. The predicted octanol–water partition coefficient (Wildman–Crippen LogP) is 3.79. The second-order valence-electron chi connectivity index (χ2n) is 5.11. The molecular formula is C16H23NO2. The quantitative estimate of drug-likeness (QED) is 0.759. The van der Waals surface area contributed by atoms with Gasteiger partial charge in [-0.1, -0.05) is 44.7 Å². The molecular weight excluding hydrogens is 238 g/mol. The molecule has 3 heteroatoms. The third kappa shape index (κ3) is 3.98. The molecule has 1 aromatic rings. The number of para-hydroxylation sites is 2. The molecule has 0 aromatic heterocycles. The van der Waals surface area contributed by atoms with E-state index in [-0.39, 0.29) is 11.9 Å². The Morgan fingerprint density at radius 1 is 1.26 bits per heavy atom. The molecule has 0 bridgehead atoms. The number of hydrogen-bond donors (Lipinski definition) is 1. The third-order valence-electron chi connectivity index (χ3n) is 3.52. The molecule has 0 spiro atoms. The summed E-state index contributed by atoms with van der Waals surface area (Å²) < 4.78 is 5.76. The Kier molecular flexibility index (Phi) is 5.25. The van der Waals surface area contributed by atoms with Crippen LogP contribution in [0.25, 0.3) is 0 Å². The van der Waals surface area contributed by atoms with E-state index in [1.807, 2.05) is 24.3 Å². The number of carbonyl (C=O) groups excluding carboxylic acids is 1. The average Bonchev–Trinajstić information content (AvgIpc) is 2.46. The van der Waals surface area contributed by atoms with E-state index >= 15 is 0 Å². The van der Waals surface area contributed by atoms with Crippen molar-refractivity contribution in [2.24, 2.45) is 0 Å². The van der Waals surface area contributed by atoms with E-state index in [4.69, 9.17) is 4.74 Å².